The van der Waals surface area contributed by atoms with Gasteiger partial charge in [-0.1, -0.05) is 11.8 Å². The Labute approximate surface area is 170 Å². The predicted molar refractivity (Wildman–Crippen MR) is 112 cm³/mol. The van der Waals surface area contributed by atoms with Crippen molar-refractivity contribution in [3.05, 3.63) is 50.9 Å². The quantitative estimate of drug-likeness (QED) is 0.501. The number of rotatable bonds is 5. The minimum Gasteiger partial charge on any atom is -0.326 e. The van der Waals surface area contributed by atoms with Crippen LogP contribution in [0.5, 0.6) is 0 Å². The van der Waals surface area contributed by atoms with E-state index in [0.29, 0.717) is 16.6 Å². The monoisotopic (exact) mass is 417 g/mol. The summed E-state index contributed by atoms with van der Waals surface area (Å²) in [6.07, 6.45) is 4.57. The number of halogens is 1. The van der Waals surface area contributed by atoms with Crippen molar-refractivity contribution in [3.63, 3.8) is 0 Å². The van der Waals surface area contributed by atoms with Gasteiger partial charge in [-0.2, -0.15) is 0 Å². The average molecular weight is 418 g/mol. The number of nitrogens with one attached hydrogen (secondary N) is 1. The summed E-state index contributed by atoms with van der Waals surface area (Å²) in [7, 11) is 1.74. The molecule has 1 aromatic carbocycles. The number of hydrogen-bond acceptors (Lipinski definition) is 5. The van der Waals surface area contributed by atoms with Crippen molar-refractivity contribution < 1.29 is 9.18 Å². The molecule has 4 rings (SSSR count). The van der Waals surface area contributed by atoms with Crippen LogP contribution in [0, 0.1) is 5.82 Å². The molecule has 0 spiro atoms. The molecule has 28 heavy (non-hydrogen) atoms. The van der Waals surface area contributed by atoms with Crippen LogP contribution >= 0.6 is 23.1 Å². The molecule has 0 atom stereocenters. The number of carbonyl (C=O) groups excluding carboxylic acids is 1. The van der Waals surface area contributed by atoms with Gasteiger partial charge < -0.3 is 5.32 Å². The zero-order chi connectivity index (χ0) is 19.7. The SMILES string of the molecule is Cn1c(SCCC(=O)Nc2ccc(F)cc2)nc2sc3c(c2c1=O)CCCC3. The summed E-state index contributed by atoms with van der Waals surface area (Å²) in [5, 5.41) is 4.15. The normalized spacial score (nSPS) is 13.5. The lowest BCUT2D eigenvalue weighted by atomic mass is 9.97. The second-order valence-electron chi connectivity index (χ2n) is 6.80. The van der Waals surface area contributed by atoms with Gasteiger partial charge in [0.1, 0.15) is 10.6 Å². The van der Waals surface area contributed by atoms with Crippen molar-refractivity contribution in [3.8, 4) is 0 Å². The van der Waals surface area contributed by atoms with Gasteiger partial charge in [0, 0.05) is 29.8 Å². The molecule has 0 saturated carbocycles. The first-order valence-corrected chi connectivity index (χ1v) is 11.0. The van der Waals surface area contributed by atoms with E-state index in [2.05, 4.69) is 5.32 Å². The molecule has 1 amide bonds. The largest absolute Gasteiger partial charge is 0.326 e. The van der Waals surface area contributed by atoms with Gasteiger partial charge in [-0.05, 0) is 55.5 Å². The maximum Gasteiger partial charge on any atom is 0.262 e. The standard InChI is InChI=1S/C20H20FN3O2S2/c1-24-19(26)17-14-4-2-3-5-15(14)28-18(17)23-20(24)27-11-10-16(25)22-13-8-6-12(21)7-9-13/h6-9H,2-5,10-11H2,1H3,(H,22,25). The summed E-state index contributed by atoms with van der Waals surface area (Å²) >= 11 is 3.03. The third-order valence-corrected chi connectivity index (χ3v) is 7.06. The number of thioether (sulfide) groups is 1. The molecular weight excluding hydrogens is 397 g/mol. The number of hydrogen-bond donors (Lipinski definition) is 1. The van der Waals surface area contributed by atoms with E-state index in [-0.39, 0.29) is 23.7 Å². The third kappa shape index (κ3) is 3.84. The van der Waals surface area contributed by atoms with Gasteiger partial charge in [0.05, 0.1) is 5.39 Å². The van der Waals surface area contributed by atoms with Crippen LogP contribution < -0.4 is 10.9 Å². The molecule has 0 radical (unpaired) electrons. The molecule has 1 aliphatic carbocycles. The molecule has 146 valence electrons. The molecule has 0 saturated heterocycles. The molecule has 1 aliphatic rings. The lowest BCUT2D eigenvalue weighted by Crippen LogP contribution is -2.21. The van der Waals surface area contributed by atoms with Gasteiger partial charge in [-0.3, -0.25) is 14.2 Å². The predicted octanol–water partition coefficient (Wildman–Crippen LogP) is 4.13. The number of nitrogens with zero attached hydrogens (tertiary/aromatic N) is 2. The van der Waals surface area contributed by atoms with Crippen molar-refractivity contribution >= 4 is 44.9 Å². The van der Waals surface area contributed by atoms with Gasteiger partial charge in [-0.25, -0.2) is 9.37 Å². The minimum atomic E-state index is -0.341. The van der Waals surface area contributed by atoms with E-state index in [1.807, 2.05) is 0 Å². The van der Waals surface area contributed by atoms with Crippen molar-refractivity contribution in [2.24, 2.45) is 7.05 Å². The zero-order valence-electron chi connectivity index (χ0n) is 15.5. The van der Waals surface area contributed by atoms with Gasteiger partial charge in [0.25, 0.3) is 5.56 Å². The lowest BCUT2D eigenvalue weighted by molar-refractivity contribution is -0.115. The molecule has 2 aromatic heterocycles. The van der Waals surface area contributed by atoms with E-state index in [4.69, 9.17) is 4.98 Å². The number of anilines is 1. The average Bonchev–Trinajstić information content (AvgIpc) is 3.06. The molecule has 3 aromatic rings. The van der Waals surface area contributed by atoms with E-state index in [9.17, 15) is 14.0 Å². The van der Waals surface area contributed by atoms with Gasteiger partial charge in [0.15, 0.2) is 5.16 Å². The molecule has 0 fully saturated rings. The number of aryl methyl sites for hydroxylation is 2. The number of amides is 1. The summed E-state index contributed by atoms with van der Waals surface area (Å²) in [5.74, 6) is 0.00662. The fourth-order valence-electron chi connectivity index (χ4n) is 3.39. The zero-order valence-corrected chi connectivity index (χ0v) is 17.1. The highest BCUT2D eigenvalue weighted by Crippen LogP contribution is 2.34. The number of fused-ring (bicyclic) bond motifs is 3. The first kappa shape index (κ1) is 19.1. The van der Waals surface area contributed by atoms with Crippen molar-refractivity contribution in [2.75, 3.05) is 11.1 Å². The second kappa shape index (κ2) is 8.05. The van der Waals surface area contributed by atoms with Crippen LogP contribution in [0.15, 0.2) is 34.2 Å². The topological polar surface area (TPSA) is 64.0 Å². The van der Waals surface area contributed by atoms with E-state index in [1.165, 1.54) is 52.9 Å². The highest BCUT2D eigenvalue weighted by molar-refractivity contribution is 7.99. The summed E-state index contributed by atoms with van der Waals surface area (Å²) in [6, 6.07) is 5.66. The molecule has 8 heteroatoms. The van der Waals surface area contributed by atoms with E-state index >= 15 is 0 Å². The van der Waals surface area contributed by atoms with Crippen LogP contribution in [0.3, 0.4) is 0 Å². The van der Waals surface area contributed by atoms with Crippen LogP contribution in [0.25, 0.3) is 10.2 Å². The van der Waals surface area contributed by atoms with Crippen molar-refractivity contribution in [2.45, 2.75) is 37.3 Å². The maximum absolute atomic E-state index is 12.9. The second-order valence-corrected chi connectivity index (χ2v) is 8.95. The van der Waals surface area contributed by atoms with Crippen LogP contribution in [-0.4, -0.2) is 21.2 Å². The third-order valence-electron chi connectivity index (χ3n) is 4.84. The highest BCUT2D eigenvalue weighted by atomic mass is 32.2. The fourth-order valence-corrected chi connectivity index (χ4v) is 5.60. The van der Waals surface area contributed by atoms with Gasteiger partial charge in [-0.15, -0.1) is 11.3 Å². The lowest BCUT2D eigenvalue weighted by Gasteiger charge is -2.11. The summed E-state index contributed by atoms with van der Waals surface area (Å²) in [4.78, 5) is 31.7. The van der Waals surface area contributed by atoms with E-state index in [0.717, 1.165) is 29.5 Å². The summed E-state index contributed by atoms with van der Waals surface area (Å²) in [5.41, 5.74) is 1.75. The first-order valence-electron chi connectivity index (χ1n) is 9.22. The Morgan fingerprint density at radius 3 is 2.82 bits per heavy atom. The van der Waals surface area contributed by atoms with Crippen molar-refractivity contribution in [1.29, 1.82) is 0 Å². The highest BCUT2D eigenvalue weighted by Gasteiger charge is 2.21. The minimum absolute atomic E-state index is 0.00247. The number of aromatic nitrogens is 2. The molecule has 0 unspecified atom stereocenters. The Bertz CT molecular complexity index is 1090. The summed E-state index contributed by atoms with van der Waals surface area (Å²) in [6.45, 7) is 0. The molecular formula is C20H20FN3O2S2. The van der Waals surface area contributed by atoms with Crippen LogP contribution in [0.4, 0.5) is 10.1 Å². The maximum atomic E-state index is 12.9. The van der Waals surface area contributed by atoms with Crippen molar-refractivity contribution in [1.82, 2.24) is 9.55 Å². The Hall–Kier alpha value is -2.19. The summed E-state index contributed by atoms with van der Waals surface area (Å²) < 4.78 is 14.5. The number of carbonyl (C=O) groups is 1. The number of benzene rings is 1. The van der Waals surface area contributed by atoms with Crippen LogP contribution in [0.2, 0.25) is 0 Å². The van der Waals surface area contributed by atoms with Gasteiger partial charge >= 0.3 is 0 Å². The molecule has 2 heterocycles. The Morgan fingerprint density at radius 2 is 2.04 bits per heavy atom. The number of thiophene rings is 1. The van der Waals surface area contributed by atoms with Crippen LogP contribution in [0.1, 0.15) is 29.7 Å². The Balaban J connectivity index is 1.44. The van der Waals surface area contributed by atoms with Crippen LogP contribution in [-0.2, 0) is 24.7 Å². The fraction of sp³-hybridized carbons (Fsp3) is 0.350. The molecule has 0 bridgehead atoms. The molecule has 5 nitrogen and oxygen atoms in total. The van der Waals surface area contributed by atoms with Gasteiger partial charge in [0.2, 0.25) is 5.91 Å². The molecule has 1 N–H and O–H groups in total. The Morgan fingerprint density at radius 1 is 1.29 bits per heavy atom. The smallest absolute Gasteiger partial charge is 0.262 e. The van der Waals surface area contributed by atoms with E-state index in [1.54, 1.807) is 23.0 Å². The van der Waals surface area contributed by atoms with E-state index < -0.39 is 0 Å². The first-order chi connectivity index (χ1) is 13.5. The Kier molecular flexibility index (Phi) is 5.50. The molecule has 0 aliphatic heterocycles.